The molecular formula is C10H19NO2Zn. The molecule has 0 amide bonds. The summed E-state index contributed by atoms with van der Waals surface area (Å²) in [6, 6.07) is -0.641. The molecule has 1 fully saturated rings. The second kappa shape index (κ2) is 7.36. The van der Waals surface area contributed by atoms with Crippen LogP contribution in [0.5, 0.6) is 0 Å². The molecule has 0 aromatic carbocycles. The molecule has 1 aliphatic carbocycles. The molecule has 0 aromatic rings. The van der Waals surface area contributed by atoms with E-state index in [-0.39, 0.29) is 25.4 Å². The van der Waals surface area contributed by atoms with Gasteiger partial charge in [-0.3, -0.25) is 4.79 Å². The van der Waals surface area contributed by atoms with Crippen LogP contribution in [-0.2, 0) is 24.3 Å². The van der Waals surface area contributed by atoms with E-state index >= 15 is 0 Å². The van der Waals surface area contributed by atoms with E-state index in [1.54, 1.807) is 0 Å². The Bertz CT molecular complexity index is 168. The van der Waals surface area contributed by atoms with E-state index in [2.05, 4.69) is 0 Å². The third kappa shape index (κ3) is 4.52. The Morgan fingerprint density at radius 3 is 2.00 bits per heavy atom. The Morgan fingerprint density at radius 2 is 1.57 bits per heavy atom. The van der Waals surface area contributed by atoms with E-state index in [0.717, 1.165) is 25.7 Å². The molecule has 1 atom stereocenters. The van der Waals surface area contributed by atoms with E-state index in [4.69, 9.17) is 10.8 Å². The molecule has 78 valence electrons. The number of nitrogens with two attached hydrogens (primary N) is 1. The molecule has 0 spiro atoms. The quantitative estimate of drug-likeness (QED) is 0.734. The third-order valence-corrected chi connectivity index (χ3v) is 2.94. The Balaban J connectivity index is 0.00000169. The molecule has 1 aliphatic rings. The molecule has 0 radical (unpaired) electrons. The summed E-state index contributed by atoms with van der Waals surface area (Å²) in [4.78, 5) is 10.7. The van der Waals surface area contributed by atoms with Gasteiger partial charge in [0.05, 0.1) is 0 Å². The number of hydrogen-bond acceptors (Lipinski definition) is 2. The maximum Gasteiger partial charge on any atom is 0.320 e. The molecule has 0 aliphatic heterocycles. The van der Waals surface area contributed by atoms with Crippen molar-refractivity contribution in [3.63, 3.8) is 0 Å². The van der Waals surface area contributed by atoms with Gasteiger partial charge >= 0.3 is 5.97 Å². The van der Waals surface area contributed by atoms with Gasteiger partial charge in [0.25, 0.3) is 0 Å². The van der Waals surface area contributed by atoms with Crippen LogP contribution >= 0.6 is 0 Å². The molecule has 3 N–H and O–H groups in total. The standard InChI is InChI=1S/C10H19NO2.Zn/c11-9(10(12)13)8-6-4-2-1-3-5-7-8;/h8-9H,1-7,11H2,(H,12,13);. The normalized spacial score (nSPS) is 21.5. The summed E-state index contributed by atoms with van der Waals surface area (Å²) in [7, 11) is 0. The fraction of sp³-hybridized carbons (Fsp3) is 0.900. The molecule has 3 nitrogen and oxygen atoms in total. The summed E-state index contributed by atoms with van der Waals surface area (Å²) in [5.41, 5.74) is 5.61. The zero-order valence-corrected chi connectivity index (χ0v) is 11.7. The Morgan fingerprint density at radius 1 is 1.14 bits per heavy atom. The number of carboxylic acids is 1. The van der Waals surface area contributed by atoms with Crippen LogP contribution in [0.3, 0.4) is 0 Å². The van der Waals surface area contributed by atoms with Crippen molar-refractivity contribution in [2.45, 2.75) is 51.0 Å². The predicted molar refractivity (Wildman–Crippen MR) is 51.4 cm³/mol. The topological polar surface area (TPSA) is 63.3 Å². The van der Waals surface area contributed by atoms with Gasteiger partial charge in [0.15, 0.2) is 0 Å². The van der Waals surface area contributed by atoms with Gasteiger partial charge in [-0.05, 0) is 18.8 Å². The van der Waals surface area contributed by atoms with Crippen LogP contribution < -0.4 is 5.73 Å². The van der Waals surface area contributed by atoms with Gasteiger partial charge < -0.3 is 10.8 Å². The fourth-order valence-electron chi connectivity index (χ4n) is 2.05. The van der Waals surface area contributed by atoms with Gasteiger partial charge in [-0.1, -0.05) is 32.1 Å². The van der Waals surface area contributed by atoms with E-state index in [9.17, 15) is 4.79 Å². The fourth-order valence-corrected chi connectivity index (χ4v) is 2.05. The number of carbonyl (C=O) groups is 1. The van der Waals surface area contributed by atoms with Crippen molar-refractivity contribution in [2.75, 3.05) is 0 Å². The molecule has 0 heterocycles. The molecule has 0 bridgehead atoms. The van der Waals surface area contributed by atoms with Crippen LogP contribution in [0.1, 0.15) is 44.9 Å². The van der Waals surface area contributed by atoms with Crippen LogP contribution in [0.2, 0.25) is 0 Å². The van der Waals surface area contributed by atoms with Gasteiger partial charge in [-0.25, -0.2) is 0 Å². The molecule has 4 heteroatoms. The van der Waals surface area contributed by atoms with Crippen molar-refractivity contribution in [3.8, 4) is 0 Å². The SMILES string of the molecule is NC(C(=O)O)C1CCCCCCC1.[Zn]. The third-order valence-electron chi connectivity index (χ3n) is 2.94. The maximum absolute atomic E-state index is 10.7. The molecule has 1 rings (SSSR count). The second-order valence-electron chi connectivity index (χ2n) is 3.97. The predicted octanol–water partition coefficient (Wildman–Crippen LogP) is 1.76. The van der Waals surface area contributed by atoms with Crippen molar-refractivity contribution >= 4 is 5.97 Å². The van der Waals surface area contributed by atoms with E-state index in [1.807, 2.05) is 0 Å². The van der Waals surface area contributed by atoms with Crippen LogP contribution in [0.15, 0.2) is 0 Å². The smallest absolute Gasteiger partial charge is 0.320 e. The summed E-state index contributed by atoms with van der Waals surface area (Å²) in [5.74, 6) is -0.636. The first-order valence-corrected chi connectivity index (χ1v) is 5.20. The number of hydrogen-bond donors (Lipinski definition) is 2. The molecule has 0 aromatic heterocycles. The van der Waals surface area contributed by atoms with Crippen molar-refractivity contribution in [3.05, 3.63) is 0 Å². The monoisotopic (exact) mass is 249 g/mol. The zero-order chi connectivity index (χ0) is 9.68. The Hall–Kier alpha value is 0.0534. The van der Waals surface area contributed by atoms with Crippen LogP contribution in [0, 0.1) is 5.92 Å². The molecule has 1 unspecified atom stereocenters. The molecule has 14 heavy (non-hydrogen) atoms. The minimum atomic E-state index is -0.842. The maximum atomic E-state index is 10.7. The molecule has 0 saturated heterocycles. The Kier molecular flexibility index (Phi) is 7.39. The first-order valence-electron chi connectivity index (χ1n) is 5.20. The summed E-state index contributed by atoms with van der Waals surface area (Å²) < 4.78 is 0. The summed E-state index contributed by atoms with van der Waals surface area (Å²) in [6.07, 6.45) is 8.05. The van der Waals surface area contributed by atoms with Crippen LogP contribution in [0.25, 0.3) is 0 Å². The van der Waals surface area contributed by atoms with E-state index in [1.165, 1.54) is 19.3 Å². The minimum absolute atomic E-state index is 0. The van der Waals surface area contributed by atoms with Crippen LogP contribution in [0.4, 0.5) is 0 Å². The average Bonchev–Trinajstić information content (AvgIpc) is 2.02. The number of aliphatic carboxylic acids is 1. The zero-order valence-electron chi connectivity index (χ0n) is 8.74. The van der Waals surface area contributed by atoms with Gasteiger partial charge in [0.2, 0.25) is 0 Å². The van der Waals surface area contributed by atoms with E-state index < -0.39 is 12.0 Å². The summed E-state index contributed by atoms with van der Waals surface area (Å²) >= 11 is 0. The first kappa shape index (κ1) is 14.1. The molecule has 1 saturated carbocycles. The Labute approximate surface area is 98.2 Å². The largest absolute Gasteiger partial charge is 0.480 e. The van der Waals surface area contributed by atoms with Gasteiger partial charge in [-0.15, -0.1) is 0 Å². The molecular weight excluding hydrogens is 232 g/mol. The number of rotatable bonds is 2. The van der Waals surface area contributed by atoms with Crippen LogP contribution in [-0.4, -0.2) is 17.1 Å². The van der Waals surface area contributed by atoms with E-state index in [0.29, 0.717) is 0 Å². The summed E-state index contributed by atoms with van der Waals surface area (Å²) in [6.45, 7) is 0. The van der Waals surface area contributed by atoms with Gasteiger partial charge in [0, 0.05) is 19.5 Å². The van der Waals surface area contributed by atoms with Gasteiger partial charge in [-0.2, -0.15) is 0 Å². The second-order valence-corrected chi connectivity index (χ2v) is 3.97. The summed E-state index contributed by atoms with van der Waals surface area (Å²) in [5, 5.41) is 8.77. The van der Waals surface area contributed by atoms with Crippen molar-refractivity contribution in [2.24, 2.45) is 11.7 Å². The average molecular weight is 251 g/mol. The number of carboxylic acid groups (broad SMARTS) is 1. The van der Waals surface area contributed by atoms with Gasteiger partial charge in [0.1, 0.15) is 6.04 Å². The van der Waals surface area contributed by atoms with Crippen molar-refractivity contribution in [1.82, 2.24) is 0 Å². The minimum Gasteiger partial charge on any atom is -0.480 e. The van der Waals surface area contributed by atoms with Crippen molar-refractivity contribution in [1.29, 1.82) is 0 Å². The van der Waals surface area contributed by atoms with Crippen molar-refractivity contribution < 1.29 is 29.4 Å². The first-order chi connectivity index (χ1) is 6.22.